The zero-order chi connectivity index (χ0) is 12.6. The summed E-state index contributed by atoms with van der Waals surface area (Å²) in [4.78, 5) is 11.7. The van der Waals surface area contributed by atoms with Gasteiger partial charge in [-0.2, -0.15) is 0 Å². The minimum atomic E-state index is 0.183. The Balaban J connectivity index is 1.56. The molecular formula is C15H22N2O. The number of benzene rings is 1. The average Bonchev–Trinajstić information content (AvgIpc) is 2.89. The molecule has 3 heteroatoms. The molecule has 0 bridgehead atoms. The van der Waals surface area contributed by atoms with Gasteiger partial charge in [0.05, 0.1) is 0 Å². The molecule has 2 rings (SSSR count). The molecule has 0 saturated heterocycles. The Morgan fingerprint density at radius 3 is 2.61 bits per heavy atom. The van der Waals surface area contributed by atoms with Crippen molar-refractivity contribution in [1.82, 2.24) is 10.6 Å². The standard InChI is InChI=1S/C15H22N2O/c18-15(17-14-8-4-5-9-14)10-11-16-12-13-6-2-1-3-7-13/h1-3,6-7,14,16H,4-5,8-12H2,(H,17,18). The van der Waals surface area contributed by atoms with Crippen LogP contribution < -0.4 is 10.6 Å². The van der Waals surface area contributed by atoms with Gasteiger partial charge in [0.25, 0.3) is 0 Å². The van der Waals surface area contributed by atoms with Crippen LogP contribution in [0.1, 0.15) is 37.7 Å². The molecule has 0 spiro atoms. The predicted octanol–water partition coefficient (Wildman–Crippen LogP) is 2.23. The molecule has 1 aliphatic carbocycles. The van der Waals surface area contributed by atoms with Crippen molar-refractivity contribution >= 4 is 5.91 Å². The molecule has 0 atom stereocenters. The van der Waals surface area contributed by atoms with E-state index in [-0.39, 0.29) is 5.91 Å². The Morgan fingerprint density at radius 1 is 1.17 bits per heavy atom. The Bertz CT molecular complexity index is 358. The molecule has 1 saturated carbocycles. The van der Waals surface area contributed by atoms with Crippen molar-refractivity contribution < 1.29 is 4.79 Å². The van der Waals surface area contributed by atoms with Gasteiger partial charge in [-0.15, -0.1) is 0 Å². The largest absolute Gasteiger partial charge is 0.353 e. The molecule has 0 heterocycles. The zero-order valence-electron chi connectivity index (χ0n) is 10.8. The molecule has 0 aliphatic heterocycles. The number of amides is 1. The summed E-state index contributed by atoms with van der Waals surface area (Å²) in [5.74, 6) is 0.183. The fourth-order valence-corrected chi connectivity index (χ4v) is 2.40. The van der Waals surface area contributed by atoms with Crippen LogP contribution in [0.15, 0.2) is 30.3 Å². The first-order valence-corrected chi connectivity index (χ1v) is 6.88. The third kappa shape index (κ3) is 4.49. The Hall–Kier alpha value is -1.35. The van der Waals surface area contributed by atoms with E-state index in [9.17, 15) is 4.79 Å². The first-order valence-electron chi connectivity index (χ1n) is 6.88. The van der Waals surface area contributed by atoms with Crippen LogP contribution in [-0.2, 0) is 11.3 Å². The van der Waals surface area contributed by atoms with Gasteiger partial charge in [-0.25, -0.2) is 0 Å². The monoisotopic (exact) mass is 246 g/mol. The van der Waals surface area contributed by atoms with E-state index in [4.69, 9.17) is 0 Å². The van der Waals surface area contributed by atoms with Crippen LogP contribution in [0.2, 0.25) is 0 Å². The normalized spacial score (nSPS) is 15.8. The van der Waals surface area contributed by atoms with Gasteiger partial charge in [0.1, 0.15) is 0 Å². The number of hydrogen-bond acceptors (Lipinski definition) is 2. The average molecular weight is 246 g/mol. The number of carbonyl (C=O) groups excluding carboxylic acids is 1. The van der Waals surface area contributed by atoms with Crippen LogP contribution in [0.4, 0.5) is 0 Å². The van der Waals surface area contributed by atoms with Crippen LogP contribution in [0.25, 0.3) is 0 Å². The van der Waals surface area contributed by atoms with Crippen LogP contribution in [0.5, 0.6) is 0 Å². The molecule has 0 aromatic heterocycles. The van der Waals surface area contributed by atoms with Crippen LogP contribution >= 0.6 is 0 Å². The van der Waals surface area contributed by atoms with Gasteiger partial charge < -0.3 is 10.6 Å². The maximum Gasteiger partial charge on any atom is 0.221 e. The Labute approximate surface area is 109 Å². The highest BCUT2D eigenvalue weighted by atomic mass is 16.1. The second-order valence-electron chi connectivity index (χ2n) is 4.96. The van der Waals surface area contributed by atoms with Crippen molar-refractivity contribution in [3.8, 4) is 0 Å². The highest BCUT2D eigenvalue weighted by Gasteiger charge is 2.16. The number of nitrogens with one attached hydrogen (secondary N) is 2. The minimum Gasteiger partial charge on any atom is -0.353 e. The van der Waals surface area contributed by atoms with E-state index in [0.29, 0.717) is 12.5 Å². The molecule has 3 nitrogen and oxygen atoms in total. The lowest BCUT2D eigenvalue weighted by Crippen LogP contribution is -2.34. The Kier molecular flexibility index (Phi) is 5.21. The fraction of sp³-hybridized carbons (Fsp3) is 0.533. The van der Waals surface area contributed by atoms with Crippen LogP contribution in [0.3, 0.4) is 0 Å². The quantitative estimate of drug-likeness (QED) is 0.756. The van der Waals surface area contributed by atoms with Crippen molar-refractivity contribution in [3.63, 3.8) is 0 Å². The topological polar surface area (TPSA) is 41.1 Å². The van der Waals surface area contributed by atoms with Crippen molar-refractivity contribution in [1.29, 1.82) is 0 Å². The summed E-state index contributed by atoms with van der Waals surface area (Å²) in [6, 6.07) is 10.7. The van der Waals surface area contributed by atoms with E-state index in [1.807, 2.05) is 18.2 Å². The molecule has 18 heavy (non-hydrogen) atoms. The number of rotatable bonds is 6. The van der Waals surface area contributed by atoms with E-state index in [1.54, 1.807) is 0 Å². The summed E-state index contributed by atoms with van der Waals surface area (Å²) < 4.78 is 0. The second-order valence-corrected chi connectivity index (χ2v) is 4.96. The summed E-state index contributed by atoms with van der Waals surface area (Å²) in [6.07, 6.45) is 5.41. The van der Waals surface area contributed by atoms with Gasteiger partial charge in [0.15, 0.2) is 0 Å². The third-order valence-electron chi connectivity index (χ3n) is 3.42. The molecule has 1 fully saturated rings. The first kappa shape index (κ1) is 13.1. The second kappa shape index (κ2) is 7.17. The van der Waals surface area contributed by atoms with Gasteiger partial charge >= 0.3 is 0 Å². The molecule has 1 aliphatic rings. The highest BCUT2D eigenvalue weighted by Crippen LogP contribution is 2.17. The van der Waals surface area contributed by atoms with Gasteiger partial charge in [-0.1, -0.05) is 43.2 Å². The molecule has 98 valence electrons. The summed E-state index contributed by atoms with van der Waals surface area (Å²) in [5, 5.41) is 6.40. The molecule has 0 unspecified atom stereocenters. The Morgan fingerprint density at radius 2 is 1.89 bits per heavy atom. The zero-order valence-corrected chi connectivity index (χ0v) is 10.8. The number of carbonyl (C=O) groups is 1. The van der Waals surface area contributed by atoms with Crippen molar-refractivity contribution in [2.75, 3.05) is 6.54 Å². The van der Waals surface area contributed by atoms with Gasteiger partial charge in [-0.05, 0) is 18.4 Å². The van der Waals surface area contributed by atoms with E-state index in [1.165, 1.54) is 18.4 Å². The SMILES string of the molecule is O=C(CCNCc1ccccc1)NC1CCCC1. The van der Waals surface area contributed by atoms with Crippen molar-refractivity contribution in [3.05, 3.63) is 35.9 Å². The molecule has 1 amide bonds. The molecule has 0 radical (unpaired) electrons. The predicted molar refractivity (Wildman–Crippen MR) is 73.2 cm³/mol. The first-order chi connectivity index (χ1) is 8.84. The smallest absolute Gasteiger partial charge is 0.221 e. The lowest BCUT2D eigenvalue weighted by molar-refractivity contribution is -0.121. The molecule has 2 N–H and O–H groups in total. The fourth-order valence-electron chi connectivity index (χ4n) is 2.40. The van der Waals surface area contributed by atoms with Crippen molar-refractivity contribution in [2.45, 2.75) is 44.7 Å². The van der Waals surface area contributed by atoms with Gasteiger partial charge in [0, 0.05) is 25.6 Å². The van der Waals surface area contributed by atoms with Gasteiger partial charge in [0.2, 0.25) is 5.91 Å². The van der Waals surface area contributed by atoms with E-state index >= 15 is 0 Å². The molecule has 1 aromatic carbocycles. The minimum absolute atomic E-state index is 0.183. The van der Waals surface area contributed by atoms with Crippen LogP contribution in [-0.4, -0.2) is 18.5 Å². The summed E-state index contributed by atoms with van der Waals surface area (Å²) in [6.45, 7) is 1.57. The van der Waals surface area contributed by atoms with E-state index in [0.717, 1.165) is 25.9 Å². The summed E-state index contributed by atoms with van der Waals surface area (Å²) >= 11 is 0. The van der Waals surface area contributed by atoms with Crippen molar-refractivity contribution in [2.24, 2.45) is 0 Å². The van der Waals surface area contributed by atoms with E-state index < -0.39 is 0 Å². The van der Waals surface area contributed by atoms with Crippen LogP contribution in [0, 0.1) is 0 Å². The summed E-state index contributed by atoms with van der Waals surface area (Å²) in [5.41, 5.74) is 1.26. The lowest BCUT2D eigenvalue weighted by atomic mass is 10.2. The van der Waals surface area contributed by atoms with E-state index in [2.05, 4.69) is 22.8 Å². The maximum absolute atomic E-state index is 11.7. The third-order valence-corrected chi connectivity index (χ3v) is 3.42. The lowest BCUT2D eigenvalue weighted by Gasteiger charge is -2.12. The number of hydrogen-bond donors (Lipinski definition) is 2. The van der Waals surface area contributed by atoms with Gasteiger partial charge in [-0.3, -0.25) is 4.79 Å². The summed E-state index contributed by atoms with van der Waals surface area (Å²) in [7, 11) is 0. The highest BCUT2D eigenvalue weighted by molar-refractivity contribution is 5.76. The maximum atomic E-state index is 11.7. The molecule has 1 aromatic rings. The molecular weight excluding hydrogens is 224 g/mol.